The molecule has 0 atom stereocenters. The number of methoxy groups -OCH3 is 1. The van der Waals surface area contributed by atoms with Gasteiger partial charge in [-0.25, -0.2) is 17.1 Å². The number of esters is 1. The van der Waals surface area contributed by atoms with E-state index in [0.717, 1.165) is 10.4 Å². The molecule has 0 heterocycles. The van der Waals surface area contributed by atoms with Crippen molar-refractivity contribution in [3.8, 4) is 5.75 Å². The van der Waals surface area contributed by atoms with E-state index in [1.807, 2.05) is 0 Å². The Bertz CT molecular complexity index is 1050. The zero-order valence-corrected chi connectivity index (χ0v) is 17.9. The fourth-order valence-electron chi connectivity index (χ4n) is 2.53. The standard InChI is InChI=1S/C20H23FN2O6S/c1-13-5-7-15(11-18(13)30(26,27)23(2)3)22-19(24)12-29-20(25)10-14-6-8-17(28-4)16(21)9-14/h5-9,11H,10,12H2,1-4H3,(H,22,24). The second kappa shape index (κ2) is 9.68. The molecule has 2 aromatic carbocycles. The Morgan fingerprint density at radius 1 is 1.13 bits per heavy atom. The van der Waals surface area contributed by atoms with Crippen LogP contribution in [0.2, 0.25) is 0 Å². The van der Waals surface area contributed by atoms with Gasteiger partial charge in [-0.3, -0.25) is 9.59 Å². The quantitative estimate of drug-likeness (QED) is 0.634. The van der Waals surface area contributed by atoms with Crippen LogP contribution in [-0.2, 0) is 30.8 Å². The summed E-state index contributed by atoms with van der Waals surface area (Å²) in [5.41, 5.74) is 1.15. The van der Waals surface area contributed by atoms with E-state index in [9.17, 15) is 22.4 Å². The molecule has 0 aliphatic rings. The number of rotatable bonds is 8. The first-order valence-corrected chi connectivity index (χ1v) is 10.3. The number of nitrogens with zero attached hydrogens (tertiary/aromatic N) is 1. The van der Waals surface area contributed by atoms with E-state index in [1.54, 1.807) is 19.1 Å². The van der Waals surface area contributed by atoms with E-state index >= 15 is 0 Å². The monoisotopic (exact) mass is 438 g/mol. The Balaban J connectivity index is 1.96. The van der Waals surface area contributed by atoms with E-state index in [0.29, 0.717) is 11.1 Å². The molecule has 0 unspecified atom stereocenters. The summed E-state index contributed by atoms with van der Waals surface area (Å²) in [5, 5.41) is 2.49. The van der Waals surface area contributed by atoms with Crippen molar-refractivity contribution in [2.45, 2.75) is 18.2 Å². The van der Waals surface area contributed by atoms with Crippen molar-refractivity contribution in [2.24, 2.45) is 0 Å². The molecule has 0 saturated carbocycles. The van der Waals surface area contributed by atoms with Gasteiger partial charge in [0, 0.05) is 19.8 Å². The molecule has 8 nitrogen and oxygen atoms in total. The van der Waals surface area contributed by atoms with Crippen LogP contribution in [0.3, 0.4) is 0 Å². The summed E-state index contributed by atoms with van der Waals surface area (Å²) < 4.78 is 49.2. The minimum absolute atomic E-state index is 0.0558. The number of hydrogen-bond donors (Lipinski definition) is 1. The molecule has 0 fully saturated rings. The summed E-state index contributed by atoms with van der Waals surface area (Å²) in [6, 6.07) is 8.51. The third kappa shape index (κ3) is 5.77. The van der Waals surface area contributed by atoms with E-state index in [4.69, 9.17) is 9.47 Å². The van der Waals surface area contributed by atoms with Crippen LogP contribution in [0, 0.1) is 12.7 Å². The van der Waals surface area contributed by atoms with Gasteiger partial charge in [0.15, 0.2) is 18.2 Å². The SMILES string of the molecule is COc1ccc(CC(=O)OCC(=O)Nc2ccc(C)c(S(=O)(=O)N(C)C)c2)cc1F. The lowest BCUT2D eigenvalue weighted by atomic mass is 10.1. The zero-order chi connectivity index (χ0) is 22.5. The average Bonchev–Trinajstić information content (AvgIpc) is 2.68. The molecule has 0 aromatic heterocycles. The van der Waals surface area contributed by atoms with Gasteiger partial charge in [0.1, 0.15) is 0 Å². The van der Waals surface area contributed by atoms with Gasteiger partial charge in [-0.15, -0.1) is 0 Å². The van der Waals surface area contributed by atoms with Crippen molar-refractivity contribution in [1.29, 1.82) is 0 Å². The molecule has 10 heteroatoms. The Morgan fingerprint density at radius 2 is 1.83 bits per heavy atom. The zero-order valence-electron chi connectivity index (χ0n) is 17.1. The minimum Gasteiger partial charge on any atom is -0.494 e. The van der Waals surface area contributed by atoms with Crippen LogP contribution in [0.4, 0.5) is 10.1 Å². The summed E-state index contributed by atoms with van der Waals surface area (Å²) in [6.07, 6.45) is -0.218. The Hall–Kier alpha value is -2.98. The number of sulfonamides is 1. The number of amides is 1. The molecule has 2 aromatic rings. The number of carbonyl (C=O) groups is 2. The second-order valence-corrected chi connectivity index (χ2v) is 8.74. The first kappa shape index (κ1) is 23.3. The molecule has 0 radical (unpaired) electrons. The van der Waals surface area contributed by atoms with Gasteiger partial charge in [-0.1, -0.05) is 12.1 Å². The number of aryl methyl sites for hydroxylation is 1. The summed E-state index contributed by atoms with van der Waals surface area (Å²) >= 11 is 0. The number of anilines is 1. The summed E-state index contributed by atoms with van der Waals surface area (Å²) in [7, 11) is 0.475. The lowest BCUT2D eigenvalue weighted by Gasteiger charge is -2.15. The van der Waals surface area contributed by atoms with Crippen LogP contribution >= 0.6 is 0 Å². The van der Waals surface area contributed by atoms with Gasteiger partial charge in [0.05, 0.1) is 18.4 Å². The predicted octanol–water partition coefficient (Wildman–Crippen LogP) is 2.12. The maximum absolute atomic E-state index is 13.7. The topological polar surface area (TPSA) is 102 Å². The first-order chi connectivity index (χ1) is 14.0. The van der Waals surface area contributed by atoms with Crippen molar-refractivity contribution < 1.29 is 31.9 Å². The number of halogens is 1. The van der Waals surface area contributed by atoms with Crippen molar-refractivity contribution >= 4 is 27.6 Å². The first-order valence-electron chi connectivity index (χ1n) is 8.85. The molecule has 1 N–H and O–H groups in total. The minimum atomic E-state index is -3.68. The molecule has 162 valence electrons. The highest BCUT2D eigenvalue weighted by atomic mass is 32.2. The van der Waals surface area contributed by atoms with E-state index < -0.39 is 34.3 Å². The summed E-state index contributed by atoms with van der Waals surface area (Å²) in [6.45, 7) is 1.08. The van der Waals surface area contributed by atoms with Gasteiger partial charge in [-0.05, 0) is 42.3 Å². The predicted molar refractivity (Wildman–Crippen MR) is 108 cm³/mol. The van der Waals surface area contributed by atoms with Gasteiger partial charge >= 0.3 is 5.97 Å². The fourth-order valence-corrected chi connectivity index (χ4v) is 3.68. The molecule has 0 aliphatic carbocycles. The number of hydrogen-bond acceptors (Lipinski definition) is 6. The number of ether oxygens (including phenoxy) is 2. The largest absolute Gasteiger partial charge is 0.494 e. The Morgan fingerprint density at radius 3 is 2.43 bits per heavy atom. The highest BCUT2D eigenvalue weighted by molar-refractivity contribution is 7.89. The smallest absolute Gasteiger partial charge is 0.310 e. The van der Waals surface area contributed by atoms with Crippen LogP contribution in [0.1, 0.15) is 11.1 Å². The Kier molecular flexibility index (Phi) is 7.52. The number of benzene rings is 2. The lowest BCUT2D eigenvalue weighted by molar-refractivity contribution is -0.146. The van der Waals surface area contributed by atoms with E-state index in [1.165, 1.54) is 39.4 Å². The van der Waals surface area contributed by atoms with Crippen LogP contribution in [0.25, 0.3) is 0 Å². The Labute approximate surface area is 174 Å². The fraction of sp³-hybridized carbons (Fsp3) is 0.300. The van der Waals surface area contributed by atoms with E-state index in [-0.39, 0.29) is 22.8 Å². The van der Waals surface area contributed by atoms with Crippen LogP contribution in [0.5, 0.6) is 5.75 Å². The molecular weight excluding hydrogens is 415 g/mol. The molecule has 30 heavy (non-hydrogen) atoms. The van der Waals surface area contributed by atoms with Crippen molar-refractivity contribution in [3.05, 3.63) is 53.3 Å². The molecule has 0 saturated heterocycles. The third-order valence-corrected chi connectivity index (χ3v) is 6.12. The highest BCUT2D eigenvalue weighted by Crippen LogP contribution is 2.22. The molecule has 0 bridgehead atoms. The summed E-state index contributed by atoms with van der Waals surface area (Å²) in [4.78, 5) is 24.0. The second-order valence-electron chi connectivity index (χ2n) is 6.62. The highest BCUT2D eigenvalue weighted by Gasteiger charge is 2.20. The molecule has 2 rings (SSSR count). The number of nitrogens with one attached hydrogen (secondary N) is 1. The molecular formula is C20H23FN2O6S. The maximum Gasteiger partial charge on any atom is 0.310 e. The molecule has 1 amide bonds. The normalized spacial score (nSPS) is 11.3. The maximum atomic E-state index is 13.7. The molecule has 0 aliphatic heterocycles. The van der Waals surface area contributed by atoms with Gasteiger partial charge in [-0.2, -0.15) is 0 Å². The average molecular weight is 438 g/mol. The third-order valence-electron chi connectivity index (χ3n) is 4.16. The van der Waals surface area contributed by atoms with E-state index in [2.05, 4.69) is 5.32 Å². The van der Waals surface area contributed by atoms with Crippen LogP contribution in [0.15, 0.2) is 41.3 Å². The molecule has 0 spiro atoms. The van der Waals surface area contributed by atoms with Crippen molar-refractivity contribution in [3.63, 3.8) is 0 Å². The lowest BCUT2D eigenvalue weighted by Crippen LogP contribution is -2.24. The van der Waals surface area contributed by atoms with Crippen molar-refractivity contribution in [2.75, 3.05) is 33.1 Å². The van der Waals surface area contributed by atoms with Gasteiger partial charge in [0.2, 0.25) is 10.0 Å². The van der Waals surface area contributed by atoms with Gasteiger partial charge < -0.3 is 14.8 Å². The van der Waals surface area contributed by atoms with Crippen molar-refractivity contribution in [1.82, 2.24) is 4.31 Å². The van der Waals surface area contributed by atoms with Crippen LogP contribution < -0.4 is 10.1 Å². The number of carbonyl (C=O) groups excluding carboxylic acids is 2. The summed E-state index contributed by atoms with van der Waals surface area (Å²) in [5.74, 6) is -1.90. The van der Waals surface area contributed by atoms with Gasteiger partial charge in [0.25, 0.3) is 5.91 Å². The van der Waals surface area contributed by atoms with Crippen LogP contribution in [-0.4, -0.2) is 52.4 Å².